The maximum Gasteiger partial charge on any atom is 0.327 e. The van der Waals surface area contributed by atoms with Crippen molar-refractivity contribution in [2.75, 3.05) is 0 Å². The molecule has 0 saturated heterocycles. The number of hydrogen-bond donors (Lipinski definition) is 2. The molecule has 2 N–H and O–H groups in total. The van der Waals surface area contributed by atoms with Gasteiger partial charge in [0.25, 0.3) is 5.91 Å². The Hall–Kier alpha value is -2.06. The molecule has 0 fully saturated rings. The molecule has 18 heavy (non-hydrogen) atoms. The zero-order valence-corrected chi connectivity index (χ0v) is 10.4. The van der Waals surface area contributed by atoms with E-state index in [1.807, 2.05) is 0 Å². The molecule has 1 aromatic rings. The number of carboxylic acids is 1. The van der Waals surface area contributed by atoms with Crippen molar-refractivity contribution in [3.05, 3.63) is 28.5 Å². The molecule has 0 aliphatic heterocycles. The Morgan fingerprint density at radius 2 is 2.33 bits per heavy atom. The van der Waals surface area contributed by atoms with Crippen LogP contribution >= 0.6 is 11.6 Å². The van der Waals surface area contributed by atoms with E-state index in [0.29, 0.717) is 5.69 Å². The third kappa shape index (κ3) is 3.47. The summed E-state index contributed by atoms with van der Waals surface area (Å²) in [6.07, 6.45) is 6.22. The van der Waals surface area contributed by atoms with Crippen molar-refractivity contribution in [1.82, 2.24) is 10.3 Å². The van der Waals surface area contributed by atoms with Crippen LogP contribution < -0.4 is 5.32 Å². The summed E-state index contributed by atoms with van der Waals surface area (Å²) in [6.45, 7) is 1.73. The first-order chi connectivity index (χ1) is 8.45. The highest BCUT2D eigenvalue weighted by Crippen LogP contribution is 2.15. The van der Waals surface area contributed by atoms with Gasteiger partial charge in [0.15, 0.2) is 0 Å². The van der Waals surface area contributed by atoms with E-state index < -0.39 is 17.9 Å². The van der Waals surface area contributed by atoms with Crippen LogP contribution in [-0.4, -0.2) is 28.0 Å². The molecule has 5 nitrogen and oxygen atoms in total. The summed E-state index contributed by atoms with van der Waals surface area (Å²) < 4.78 is 0. The number of halogens is 1. The lowest BCUT2D eigenvalue weighted by atomic mass is 10.2. The Labute approximate surface area is 109 Å². The van der Waals surface area contributed by atoms with Gasteiger partial charge in [-0.25, -0.2) is 4.79 Å². The van der Waals surface area contributed by atoms with E-state index in [0.717, 1.165) is 0 Å². The highest BCUT2D eigenvalue weighted by Gasteiger charge is 2.21. The van der Waals surface area contributed by atoms with Gasteiger partial charge in [0.2, 0.25) is 0 Å². The predicted octanol–water partition coefficient (Wildman–Crippen LogP) is 1.25. The van der Waals surface area contributed by atoms with Crippen LogP contribution in [0.15, 0.2) is 12.3 Å². The van der Waals surface area contributed by atoms with Crippen LogP contribution in [0, 0.1) is 19.3 Å². The fourth-order valence-corrected chi connectivity index (χ4v) is 1.54. The summed E-state index contributed by atoms with van der Waals surface area (Å²) in [5, 5.41) is 11.4. The van der Waals surface area contributed by atoms with Crippen molar-refractivity contribution >= 4 is 23.5 Å². The fourth-order valence-electron chi connectivity index (χ4n) is 1.25. The monoisotopic (exact) mass is 266 g/mol. The van der Waals surface area contributed by atoms with Gasteiger partial charge in [-0.1, -0.05) is 11.6 Å². The maximum atomic E-state index is 11.8. The van der Waals surface area contributed by atoms with Gasteiger partial charge in [-0.05, 0) is 13.0 Å². The molecule has 1 heterocycles. The van der Waals surface area contributed by atoms with E-state index in [9.17, 15) is 9.59 Å². The third-order valence-electron chi connectivity index (χ3n) is 2.16. The van der Waals surface area contributed by atoms with Gasteiger partial charge < -0.3 is 10.4 Å². The Kier molecular flexibility index (Phi) is 4.69. The van der Waals surface area contributed by atoms with Crippen LogP contribution in [0.1, 0.15) is 22.5 Å². The second-order valence-corrected chi connectivity index (χ2v) is 3.99. The summed E-state index contributed by atoms with van der Waals surface area (Å²) in [6, 6.07) is 0.382. The Bertz CT molecular complexity index is 523. The van der Waals surface area contributed by atoms with Gasteiger partial charge in [0.1, 0.15) is 6.04 Å². The Morgan fingerprint density at radius 1 is 1.67 bits per heavy atom. The van der Waals surface area contributed by atoms with Gasteiger partial charge in [0.05, 0.1) is 10.6 Å². The first kappa shape index (κ1) is 14.0. The van der Waals surface area contributed by atoms with Crippen molar-refractivity contribution in [2.45, 2.75) is 19.4 Å². The lowest BCUT2D eigenvalue weighted by Crippen LogP contribution is -2.40. The molecule has 0 spiro atoms. The first-order valence-electron chi connectivity index (χ1n) is 5.05. The highest BCUT2D eigenvalue weighted by molar-refractivity contribution is 6.33. The van der Waals surface area contributed by atoms with Crippen LogP contribution in [0.3, 0.4) is 0 Å². The number of pyridine rings is 1. The lowest BCUT2D eigenvalue weighted by Gasteiger charge is -2.12. The van der Waals surface area contributed by atoms with E-state index in [1.54, 1.807) is 6.92 Å². The van der Waals surface area contributed by atoms with Gasteiger partial charge >= 0.3 is 5.97 Å². The third-order valence-corrected chi connectivity index (χ3v) is 2.47. The number of carboxylic acid groups (broad SMARTS) is 1. The number of aliphatic carboxylic acids is 1. The van der Waals surface area contributed by atoms with Gasteiger partial charge in [-0.15, -0.1) is 12.3 Å². The molecule has 1 atom stereocenters. The molecular weight excluding hydrogens is 256 g/mol. The molecule has 1 aromatic heterocycles. The SMILES string of the molecule is C#CCC(NC(=O)c1cnc(C)cc1Cl)C(=O)O. The van der Waals surface area contributed by atoms with E-state index in [2.05, 4.69) is 16.2 Å². The molecule has 6 heteroatoms. The summed E-state index contributed by atoms with van der Waals surface area (Å²) in [5.74, 6) is 0.373. The quantitative estimate of drug-likeness (QED) is 0.804. The average molecular weight is 267 g/mol. The smallest absolute Gasteiger partial charge is 0.327 e. The van der Waals surface area contributed by atoms with E-state index in [4.69, 9.17) is 23.1 Å². The molecule has 0 radical (unpaired) electrons. The zero-order chi connectivity index (χ0) is 13.7. The van der Waals surface area contributed by atoms with Crippen molar-refractivity contribution in [3.63, 3.8) is 0 Å². The number of hydrogen-bond acceptors (Lipinski definition) is 3. The number of carbonyl (C=O) groups is 2. The van der Waals surface area contributed by atoms with Gasteiger partial charge in [-0.3, -0.25) is 9.78 Å². The number of nitrogens with one attached hydrogen (secondary N) is 1. The molecule has 94 valence electrons. The molecule has 0 aliphatic carbocycles. The number of terminal acetylenes is 1. The van der Waals surface area contributed by atoms with E-state index in [1.165, 1.54) is 12.3 Å². The highest BCUT2D eigenvalue weighted by atomic mass is 35.5. The fraction of sp³-hybridized carbons (Fsp3) is 0.250. The number of carbonyl (C=O) groups excluding carboxylic acids is 1. The van der Waals surface area contributed by atoms with Crippen LogP contribution in [0.2, 0.25) is 5.02 Å². The van der Waals surface area contributed by atoms with Crippen molar-refractivity contribution in [2.24, 2.45) is 0 Å². The Morgan fingerprint density at radius 3 is 2.83 bits per heavy atom. The van der Waals surface area contributed by atoms with Crippen LogP contribution in [0.25, 0.3) is 0 Å². The molecule has 1 amide bonds. The minimum Gasteiger partial charge on any atom is -0.480 e. The van der Waals surface area contributed by atoms with Gasteiger partial charge in [-0.2, -0.15) is 0 Å². The standard InChI is InChI=1S/C12H11ClN2O3/c1-3-4-10(12(17)18)15-11(16)8-6-14-7(2)5-9(8)13/h1,5-6,10H,4H2,2H3,(H,15,16)(H,17,18). The molecule has 1 unspecified atom stereocenters. The maximum absolute atomic E-state index is 11.8. The largest absolute Gasteiger partial charge is 0.480 e. The predicted molar refractivity (Wildman–Crippen MR) is 66.3 cm³/mol. The van der Waals surface area contributed by atoms with E-state index in [-0.39, 0.29) is 17.0 Å². The number of nitrogens with zero attached hydrogens (tertiary/aromatic N) is 1. The van der Waals surface area contributed by atoms with E-state index >= 15 is 0 Å². The summed E-state index contributed by atoms with van der Waals surface area (Å²) in [5.41, 5.74) is 0.778. The second-order valence-electron chi connectivity index (χ2n) is 3.58. The number of aromatic nitrogens is 1. The average Bonchev–Trinajstić information content (AvgIpc) is 2.27. The minimum absolute atomic E-state index is 0.0992. The molecule has 0 aromatic carbocycles. The van der Waals surface area contributed by atoms with Crippen molar-refractivity contribution < 1.29 is 14.7 Å². The van der Waals surface area contributed by atoms with Crippen molar-refractivity contribution in [3.8, 4) is 12.3 Å². The lowest BCUT2D eigenvalue weighted by molar-refractivity contribution is -0.139. The number of aryl methyl sites for hydroxylation is 1. The molecule has 0 bridgehead atoms. The van der Waals surface area contributed by atoms with Crippen molar-refractivity contribution in [1.29, 1.82) is 0 Å². The summed E-state index contributed by atoms with van der Waals surface area (Å²) in [7, 11) is 0. The van der Waals surface area contributed by atoms with Gasteiger partial charge in [0, 0.05) is 18.3 Å². The summed E-state index contributed by atoms with van der Waals surface area (Å²) in [4.78, 5) is 26.6. The minimum atomic E-state index is -1.20. The summed E-state index contributed by atoms with van der Waals surface area (Å²) >= 11 is 5.88. The number of rotatable bonds is 4. The Balaban J connectivity index is 2.87. The first-order valence-corrected chi connectivity index (χ1v) is 5.42. The zero-order valence-electron chi connectivity index (χ0n) is 9.61. The molecule has 0 aliphatic rings. The molecular formula is C12H11ClN2O3. The normalized spacial score (nSPS) is 11.4. The second kappa shape index (κ2) is 6.03. The molecule has 0 saturated carbocycles. The van der Waals surface area contributed by atoms with Crippen LogP contribution in [-0.2, 0) is 4.79 Å². The number of amides is 1. The van der Waals surface area contributed by atoms with Crippen LogP contribution in [0.5, 0.6) is 0 Å². The van der Waals surface area contributed by atoms with Crippen LogP contribution in [0.4, 0.5) is 0 Å². The molecule has 1 rings (SSSR count). The topological polar surface area (TPSA) is 79.3 Å².